The molecule has 0 aromatic heterocycles. The fourth-order valence-corrected chi connectivity index (χ4v) is 2.83. The molecule has 0 rings (SSSR count). The van der Waals surface area contributed by atoms with Crippen LogP contribution in [0.4, 0.5) is 0 Å². The number of nitrogens with zero attached hydrogens (tertiary/aromatic N) is 2. The van der Waals surface area contributed by atoms with Gasteiger partial charge in [0, 0.05) is 0 Å². The van der Waals surface area contributed by atoms with Gasteiger partial charge in [0.2, 0.25) is 0 Å². The average Bonchev–Trinajstić information content (AvgIpc) is 2.72. The topological polar surface area (TPSA) is 28.2 Å². The van der Waals surface area contributed by atoms with Crippen molar-refractivity contribution in [1.29, 1.82) is 0 Å². The fraction of sp³-hybridized carbons (Fsp3) is 1.00. The van der Waals surface area contributed by atoms with Gasteiger partial charge in [0.1, 0.15) is 0 Å². The molecule has 0 aromatic rings. The number of halogens is 2. The van der Waals surface area contributed by atoms with E-state index in [0.717, 1.165) is 26.2 Å². The van der Waals surface area contributed by atoms with Gasteiger partial charge in [-0.1, -0.05) is 130 Å². The zero-order valence-electron chi connectivity index (χ0n) is 20.3. The van der Waals surface area contributed by atoms with E-state index in [2.05, 4.69) is 38.3 Å². The van der Waals surface area contributed by atoms with Gasteiger partial charge in [-0.15, -0.1) is 26.2 Å². The predicted molar refractivity (Wildman–Crippen MR) is 134 cm³/mol. The zero-order valence-corrected chi connectivity index (χ0v) is 23.4. The van der Waals surface area contributed by atoms with E-state index >= 15 is 0 Å². The van der Waals surface area contributed by atoms with Gasteiger partial charge in [0.05, 0.1) is 0 Å². The van der Waals surface area contributed by atoms with E-state index < -0.39 is 17.0 Å². The van der Waals surface area contributed by atoms with Crippen LogP contribution in [0.3, 0.4) is 0 Å². The number of rotatable bonds is 20. The first-order valence-electron chi connectivity index (χ1n) is 12.5. The van der Waals surface area contributed by atoms with Gasteiger partial charge in [-0.2, -0.15) is 0 Å². The Balaban J connectivity index is -0.000000410. The molecule has 0 bridgehead atoms. The van der Waals surface area contributed by atoms with Crippen molar-refractivity contribution in [2.45, 2.75) is 130 Å². The summed E-state index contributed by atoms with van der Waals surface area (Å²) >= 11 is -0.556. The van der Waals surface area contributed by atoms with Gasteiger partial charge in [0.25, 0.3) is 0 Å². The van der Waals surface area contributed by atoms with Crippen LogP contribution in [0, 0.1) is 0 Å². The van der Waals surface area contributed by atoms with E-state index in [4.69, 9.17) is 18.6 Å². The molecule has 2 nitrogen and oxygen atoms in total. The molecule has 178 valence electrons. The van der Waals surface area contributed by atoms with Crippen molar-refractivity contribution in [3.05, 3.63) is 10.6 Å². The first-order chi connectivity index (χ1) is 14.2. The molecular formula is C24H52Cl2N2Ti-2. The molecule has 0 aliphatic carbocycles. The molecule has 29 heavy (non-hydrogen) atoms. The average molecular weight is 487 g/mol. The summed E-state index contributed by atoms with van der Waals surface area (Å²) in [6, 6.07) is 0. The molecule has 0 aromatic carbocycles. The van der Waals surface area contributed by atoms with Crippen LogP contribution >= 0.6 is 18.6 Å². The third-order valence-electron chi connectivity index (χ3n) is 4.68. The Morgan fingerprint density at radius 1 is 0.414 bits per heavy atom. The third-order valence-corrected chi connectivity index (χ3v) is 4.68. The molecule has 0 amide bonds. The van der Waals surface area contributed by atoms with Crippen LogP contribution < -0.4 is 0 Å². The second-order valence-electron chi connectivity index (χ2n) is 7.66. The third kappa shape index (κ3) is 48.1. The maximum absolute atomic E-state index is 4.89. The normalized spacial score (nSPS) is 10.0. The van der Waals surface area contributed by atoms with Gasteiger partial charge in [0.15, 0.2) is 0 Å². The van der Waals surface area contributed by atoms with Crippen molar-refractivity contribution in [2.24, 2.45) is 0 Å². The summed E-state index contributed by atoms with van der Waals surface area (Å²) in [6.45, 7) is 13.4. The summed E-state index contributed by atoms with van der Waals surface area (Å²) in [7, 11) is 9.78. The first-order valence-corrected chi connectivity index (χ1v) is 16.8. The van der Waals surface area contributed by atoms with E-state index in [0.29, 0.717) is 0 Å². The molecule has 0 saturated carbocycles. The minimum absolute atomic E-state index is 0.556. The van der Waals surface area contributed by atoms with E-state index in [1.807, 2.05) is 0 Å². The van der Waals surface area contributed by atoms with Crippen LogP contribution in [0.2, 0.25) is 0 Å². The molecule has 0 atom stereocenters. The van der Waals surface area contributed by atoms with Gasteiger partial charge in [-0.25, -0.2) is 0 Å². The minimum atomic E-state index is -0.556. The summed E-state index contributed by atoms with van der Waals surface area (Å²) in [5.74, 6) is 0. The molecule has 5 heteroatoms. The van der Waals surface area contributed by atoms with Crippen LogP contribution in [0.25, 0.3) is 10.6 Å². The Bertz CT molecular complexity index is 193. The quantitative estimate of drug-likeness (QED) is 0.121. The van der Waals surface area contributed by atoms with Gasteiger partial charge in [-0.05, 0) is 0 Å². The molecule has 0 radical (unpaired) electrons. The summed E-state index contributed by atoms with van der Waals surface area (Å²) in [6.07, 6.45) is 21.5. The summed E-state index contributed by atoms with van der Waals surface area (Å²) in [5.41, 5.74) is 0. The molecule has 0 aliphatic heterocycles. The molecule has 0 heterocycles. The predicted octanol–water partition coefficient (Wildman–Crippen LogP) is 10.4. The van der Waals surface area contributed by atoms with Crippen molar-refractivity contribution in [3.8, 4) is 0 Å². The first kappa shape index (κ1) is 34.8. The Morgan fingerprint density at radius 2 is 0.621 bits per heavy atom. The van der Waals surface area contributed by atoms with Crippen molar-refractivity contribution < 1.29 is 17.0 Å². The van der Waals surface area contributed by atoms with E-state index in [9.17, 15) is 0 Å². The van der Waals surface area contributed by atoms with Crippen LogP contribution in [-0.4, -0.2) is 26.2 Å². The monoisotopic (exact) mass is 486 g/mol. The Hall–Kier alpha value is 1.21. The van der Waals surface area contributed by atoms with Crippen molar-refractivity contribution >= 4 is 18.6 Å². The number of unbranched alkanes of at least 4 members (excludes halogenated alkanes) is 12. The standard InChI is InChI=1S/2C12H26N.2ClH.Ti/c2*1-3-5-7-9-11-13-12-10-8-6-4-2;;;/h2*3-12H2,1-2H3;2*1H;/q2*-1;;;+2/p-2. The van der Waals surface area contributed by atoms with Gasteiger partial charge in [-0.3, -0.25) is 0 Å². The van der Waals surface area contributed by atoms with Gasteiger partial charge >= 0.3 is 35.6 Å². The van der Waals surface area contributed by atoms with E-state index in [1.165, 1.54) is 103 Å². The molecule has 0 spiro atoms. The molecule has 0 N–H and O–H groups in total. The Kier molecular flexibility index (Phi) is 47.6. The summed E-state index contributed by atoms with van der Waals surface area (Å²) in [5, 5.41) is 9.03. The van der Waals surface area contributed by atoms with Gasteiger partial charge < -0.3 is 10.6 Å². The zero-order chi connectivity index (χ0) is 22.3. The summed E-state index contributed by atoms with van der Waals surface area (Å²) in [4.78, 5) is 0. The van der Waals surface area contributed by atoms with Crippen molar-refractivity contribution in [2.75, 3.05) is 26.2 Å². The second kappa shape index (κ2) is 39.7. The van der Waals surface area contributed by atoms with Crippen LogP contribution in [0.5, 0.6) is 0 Å². The van der Waals surface area contributed by atoms with E-state index in [-0.39, 0.29) is 0 Å². The number of hydrogen-bond donors (Lipinski definition) is 0. The molecule has 0 saturated heterocycles. The fourth-order valence-electron chi connectivity index (χ4n) is 2.83. The SMILES string of the molecule is CCCCCC[N-]CCCCCC.CCCCCC[N-]CCCCCC.[Cl][Ti][Cl]. The molecular weight excluding hydrogens is 435 g/mol. The van der Waals surface area contributed by atoms with E-state index in [1.54, 1.807) is 0 Å². The molecule has 0 aliphatic rings. The van der Waals surface area contributed by atoms with Crippen LogP contribution in [0.15, 0.2) is 0 Å². The molecule has 0 unspecified atom stereocenters. The summed E-state index contributed by atoms with van der Waals surface area (Å²) < 4.78 is 0. The molecule has 0 fully saturated rings. The maximum atomic E-state index is 4.89. The second-order valence-corrected chi connectivity index (χ2v) is 10.2. The van der Waals surface area contributed by atoms with Crippen LogP contribution in [-0.2, 0) is 17.0 Å². The van der Waals surface area contributed by atoms with Crippen molar-refractivity contribution in [1.82, 2.24) is 0 Å². The van der Waals surface area contributed by atoms with Crippen molar-refractivity contribution in [3.63, 3.8) is 0 Å². The number of hydrogen-bond acceptors (Lipinski definition) is 0. The Labute approximate surface area is 202 Å². The Morgan fingerprint density at radius 3 is 0.793 bits per heavy atom. The van der Waals surface area contributed by atoms with Crippen LogP contribution in [0.1, 0.15) is 130 Å².